The van der Waals surface area contributed by atoms with Crippen LogP contribution in [0.2, 0.25) is 0 Å². The highest BCUT2D eigenvalue weighted by atomic mass is 31.1. The monoisotopic (exact) mass is 116 g/mol. The summed E-state index contributed by atoms with van der Waals surface area (Å²) in [6, 6.07) is 0. The second kappa shape index (κ2) is 2.42. The Kier molecular flexibility index (Phi) is 1.81. The molecule has 0 fully saturated rings. The molecule has 1 aliphatic heterocycles. The molecule has 0 bridgehead atoms. The lowest BCUT2D eigenvalue weighted by atomic mass is 10.3. The first-order valence-electron chi connectivity index (χ1n) is 2.78. The molecule has 1 atom stereocenters. The Morgan fingerprint density at radius 3 is 2.57 bits per heavy atom. The average Bonchev–Trinajstić information content (AvgIpc) is 1.69. The molecule has 1 nitrogen and oxygen atoms in total. The largest absolute Gasteiger partial charge is 0.196 e. The molecule has 0 N–H and O–H groups in total. The van der Waals surface area contributed by atoms with Crippen molar-refractivity contribution in [2.45, 2.75) is 12.8 Å². The van der Waals surface area contributed by atoms with Crippen LogP contribution in [0.5, 0.6) is 0 Å². The Morgan fingerprint density at radius 1 is 1.43 bits per heavy atom. The molecule has 0 aromatic carbocycles. The van der Waals surface area contributed by atoms with E-state index in [1.54, 1.807) is 0 Å². The highest BCUT2D eigenvalue weighted by Crippen LogP contribution is 2.25. The molecule has 0 aromatic rings. The van der Waals surface area contributed by atoms with Crippen LogP contribution in [0.15, 0.2) is 4.74 Å². The van der Waals surface area contributed by atoms with Crippen LogP contribution in [-0.4, -0.2) is 19.4 Å². The van der Waals surface area contributed by atoms with Gasteiger partial charge in [0.25, 0.3) is 0 Å². The Bertz CT molecular complexity index is 88.1. The first-order valence-corrected chi connectivity index (χ1v) is 4.71. The van der Waals surface area contributed by atoms with Crippen LogP contribution in [0.4, 0.5) is 0 Å². The number of rotatable bonds is 0. The van der Waals surface area contributed by atoms with Crippen molar-refractivity contribution < 1.29 is 0 Å². The SMILES string of the molecule is C[P+]1=NCCCC1. The van der Waals surface area contributed by atoms with Gasteiger partial charge in [-0.3, -0.25) is 0 Å². The van der Waals surface area contributed by atoms with E-state index in [9.17, 15) is 0 Å². The van der Waals surface area contributed by atoms with Crippen LogP contribution < -0.4 is 0 Å². The van der Waals surface area contributed by atoms with Gasteiger partial charge in [-0.05, 0) is 12.8 Å². The third-order valence-electron chi connectivity index (χ3n) is 1.23. The van der Waals surface area contributed by atoms with Gasteiger partial charge in [0.05, 0.1) is 6.54 Å². The van der Waals surface area contributed by atoms with Gasteiger partial charge in [0.1, 0.15) is 12.8 Å². The number of hydrogen-bond acceptors (Lipinski definition) is 1. The van der Waals surface area contributed by atoms with Crippen molar-refractivity contribution in [3.8, 4) is 0 Å². The predicted octanol–water partition coefficient (Wildman–Crippen LogP) is 2.08. The Hall–Kier alpha value is 0.100. The lowest BCUT2D eigenvalue weighted by Gasteiger charge is -1.94. The summed E-state index contributed by atoms with van der Waals surface area (Å²) < 4.78 is 4.39. The molecule has 7 heavy (non-hydrogen) atoms. The van der Waals surface area contributed by atoms with Gasteiger partial charge in [-0.15, -0.1) is 4.74 Å². The summed E-state index contributed by atoms with van der Waals surface area (Å²) in [7, 11) is 0.133. The van der Waals surface area contributed by atoms with Gasteiger partial charge in [0.15, 0.2) is 7.71 Å². The van der Waals surface area contributed by atoms with E-state index in [4.69, 9.17) is 0 Å². The zero-order valence-corrected chi connectivity index (χ0v) is 5.62. The van der Waals surface area contributed by atoms with Crippen molar-refractivity contribution in [2.24, 2.45) is 4.74 Å². The lowest BCUT2D eigenvalue weighted by Crippen LogP contribution is -1.89. The van der Waals surface area contributed by atoms with E-state index in [1.807, 2.05) is 0 Å². The van der Waals surface area contributed by atoms with E-state index in [0.717, 1.165) is 6.54 Å². The molecule has 0 aliphatic carbocycles. The minimum Gasteiger partial charge on any atom is -0.111 e. The molecule has 0 spiro atoms. The maximum atomic E-state index is 4.39. The molecule has 0 aromatic heterocycles. The molecule has 0 radical (unpaired) electrons. The van der Waals surface area contributed by atoms with Gasteiger partial charge in [-0.25, -0.2) is 0 Å². The van der Waals surface area contributed by atoms with Crippen molar-refractivity contribution >= 4 is 7.71 Å². The van der Waals surface area contributed by atoms with Crippen molar-refractivity contribution in [1.29, 1.82) is 0 Å². The molecule has 1 rings (SSSR count). The zero-order chi connectivity index (χ0) is 5.11. The van der Waals surface area contributed by atoms with Gasteiger partial charge in [0, 0.05) is 0 Å². The smallest absolute Gasteiger partial charge is 0.111 e. The number of nitrogens with zero attached hydrogens (tertiary/aromatic N) is 1. The molecule has 0 amide bonds. The summed E-state index contributed by atoms with van der Waals surface area (Å²) in [4.78, 5) is 0. The summed E-state index contributed by atoms with van der Waals surface area (Å²) in [6.07, 6.45) is 4.15. The molecule has 0 saturated heterocycles. The standard InChI is InChI=1S/C5H11NP/c1-7-5-3-2-4-6-7/h2-5H2,1H3/q+1. The van der Waals surface area contributed by atoms with E-state index < -0.39 is 0 Å². The van der Waals surface area contributed by atoms with E-state index >= 15 is 0 Å². The Labute approximate surface area is 45.6 Å². The molecular weight excluding hydrogens is 105 g/mol. The van der Waals surface area contributed by atoms with Crippen LogP contribution in [-0.2, 0) is 0 Å². The fourth-order valence-corrected chi connectivity index (χ4v) is 2.07. The molecule has 0 saturated carbocycles. The van der Waals surface area contributed by atoms with E-state index in [1.165, 1.54) is 19.0 Å². The van der Waals surface area contributed by atoms with E-state index in [-0.39, 0.29) is 7.71 Å². The third kappa shape index (κ3) is 1.56. The van der Waals surface area contributed by atoms with Gasteiger partial charge < -0.3 is 0 Å². The van der Waals surface area contributed by atoms with Crippen molar-refractivity contribution in [3.05, 3.63) is 0 Å². The van der Waals surface area contributed by atoms with Crippen molar-refractivity contribution in [1.82, 2.24) is 0 Å². The fraction of sp³-hybridized carbons (Fsp3) is 1.00. The minimum atomic E-state index is 0.133. The molecule has 1 heterocycles. The highest BCUT2D eigenvalue weighted by Gasteiger charge is 2.07. The van der Waals surface area contributed by atoms with Gasteiger partial charge >= 0.3 is 0 Å². The lowest BCUT2D eigenvalue weighted by molar-refractivity contribution is 0.797. The second-order valence-electron chi connectivity index (χ2n) is 1.95. The van der Waals surface area contributed by atoms with Crippen LogP contribution in [0.3, 0.4) is 0 Å². The Balaban J connectivity index is 2.40. The fourth-order valence-electron chi connectivity index (χ4n) is 0.765. The van der Waals surface area contributed by atoms with Gasteiger partial charge in [0.2, 0.25) is 0 Å². The quantitative estimate of drug-likeness (QED) is 0.429. The van der Waals surface area contributed by atoms with E-state index in [2.05, 4.69) is 11.4 Å². The van der Waals surface area contributed by atoms with Crippen molar-refractivity contribution in [3.63, 3.8) is 0 Å². The maximum Gasteiger partial charge on any atom is 0.196 e. The molecular formula is C5H11NP+. The predicted molar refractivity (Wildman–Crippen MR) is 34.2 cm³/mol. The summed E-state index contributed by atoms with van der Waals surface area (Å²) in [5.74, 6) is 0. The van der Waals surface area contributed by atoms with Gasteiger partial charge in [-0.2, -0.15) is 0 Å². The van der Waals surface area contributed by atoms with Crippen LogP contribution >= 0.6 is 7.71 Å². The van der Waals surface area contributed by atoms with Crippen LogP contribution in [0.1, 0.15) is 12.8 Å². The van der Waals surface area contributed by atoms with E-state index in [0.29, 0.717) is 0 Å². The average molecular weight is 116 g/mol. The second-order valence-corrected chi connectivity index (χ2v) is 4.00. The van der Waals surface area contributed by atoms with Crippen molar-refractivity contribution in [2.75, 3.05) is 19.4 Å². The maximum absolute atomic E-state index is 4.39. The molecule has 2 heteroatoms. The number of hydrogen-bond donors (Lipinski definition) is 0. The van der Waals surface area contributed by atoms with Crippen LogP contribution in [0, 0.1) is 0 Å². The zero-order valence-electron chi connectivity index (χ0n) is 4.72. The first-order chi connectivity index (χ1) is 3.39. The summed E-state index contributed by atoms with van der Waals surface area (Å²) in [5.41, 5.74) is 0. The highest BCUT2D eigenvalue weighted by molar-refractivity contribution is 7.46. The first kappa shape index (κ1) is 5.24. The molecule has 40 valence electrons. The topological polar surface area (TPSA) is 12.4 Å². The molecule has 1 aliphatic rings. The summed E-state index contributed by atoms with van der Waals surface area (Å²) in [6.45, 7) is 3.40. The normalized spacial score (nSPS) is 26.7. The summed E-state index contributed by atoms with van der Waals surface area (Å²) >= 11 is 0. The van der Waals surface area contributed by atoms with Gasteiger partial charge in [-0.1, -0.05) is 0 Å². The third-order valence-corrected chi connectivity index (χ3v) is 2.88. The Morgan fingerprint density at radius 2 is 2.29 bits per heavy atom. The molecule has 1 unspecified atom stereocenters. The summed E-state index contributed by atoms with van der Waals surface area (Å²) in [5, 5.41) is 0. The minimum absolute atomic E-state index is 0.133. The van der Waals surface area contributed by atoms with Crippen LogP contribution in [0.25, 0.3) is 0 Å².